The molecule has 1 aromatic carbocycles. The first-order chi connectivity index (χ1) is 11.4. The van der Waals surface area contributed by atoms with Gasteiger partial charge in [0.1, 0.15) is 5.75 Å². The molecule has 0 aliphatic heterocycles. The summed E-state index contributed by atoms with van der Waals surface area (Å²) in [5.41, 5.74) is 2.60. The molecular weight excluding hydrogens is 282 g/mol. The second-order valence-corrected chi connectivity index (χ2v) is 7.10. The topological polar surface area (TPSA) is 21.6 Å². The third kappa shape index (κ3) is 4.37. The highest BCUT2D eigenvalue weighted by Crippen LogP contribution is 2.38. The van der Waals surface area contributed by atoms with Crippen LogP contribution in [0.1, 0.15) is 88.2 Å². The zero-order valence-corrected chi connectivity index (χ0v) is 14.6. The highest BCUT2D eigenvalue weighted by Gasteiger charge is 2.21. The summed E-state index contributed by atoms with van der Waals surface area (Å²) in [4.78, 5) is 4.88. The van der Waals surface area contributed by atoms with E-state index in [4.69, 9.17) is 9.73 Å². The molecule has 0 bridgehead atoms. The minimum Gasteiger partial charge on any atom is -0.493 e. The SMILES string of the molecule is CCOc1c(/C=N/C2CCCCC2)cccc1C1CCCCC1. The summed E-state index contributed by atoms with van der Waals surface area (Å²) in [5, 5.41) is 0. The average Bonchev–Trinajstić information content (AvgIpc) is 2.62. The third-order valence-electron chi connectivity index (χ3n) is 5.41. The maximum Gasteiger partial charge on any atom is 0.131 e. The Morgan fingerprint density at radius 2 is 1.70 bits per heavy atom. The Labute approximate surface area is 141 Å². The van der Waals surface area contributed by atoms with Gasteiger partial charge in [-0.15, -0.1) is 0 Å². The zero-order chi connectivity index (χ0) is 15.9. The van der Waals surface area contributed by atoms with Crippen LogP contribution in [0.3, 0.4) is 0 Å². The number of hydrogen-bond acceptors (Lipinski definition) is 2. The van der Waals surface area contributed by atoms with Gasteiger partial charge >= 0.3 is 0 Å². The van der Waals surface area contributed by atoms with Gasteiger partial charge < -0.3 is 4.74 Å². The van der Waals surface area contributed by atoms with Gasteiger partial charge in [0, 0.05) is 17.8 Å². The second-order valence-electron chi connectivity index (χ2n) is 7.10. The van der Waals surface area contributed by atoms with Gasteiger partial charge in [0.15, 0.2) is 0 Å². The summed E-state index contributed by atoms with van der Waals surface area (Å²) in [5.74, 6) is 1.77. The Morgan fingerprint density at radius 3 is 2.39 bits per heavy atom. The molecule has 0 N–H and O–H groups in total. The summed E-state index contributed by atoms with van der Waals surface area (Å²) in [6.07, 6.45) is 15.4. The Kier molecular flexibility index (Phi) is 6.13. The lowest BCUT2D eigenvalue weighted by Crippen LogP contribution is -2.11. The summed E-state index contributed by atoms with van der Waals surface area (Å²) in [6, 6.07) is 7.16. The smallest absolute Gasteiger partial charge is 0.131 e. The molecule has 3 rings (SSSR count). The standard InChI is InChI=1S/C21H31NO/c1-2-23-21-18(16-22-19-13-7-4-8-14-19)12-9-15-20(21)17-10-5-3-6-11-17/h9,12,15-17,19H,2-8,10-11,13-14H2,1H3/b22-16+. The fourth-order valence-electron chi connectivity index (χ4n) is 4.14. The van der Waals surface area contributed by atoms with Crippen molar-refractivity contribution in [3.05, 3.63) is 29.3 Å². The molecule has 0 amide bonds. The van der Waals surface area contributed by atoms with Crippen LogP contribution in [0.25, 0.3) is 0 Å². The highest BCUT2D eigenvalue weighted by molar-refractivity contribution is 5.84. The van der Waals surface area contributed by atoms with E-state index in [0.717, 1.165) is 12.4 Å². The first-order valence-corrected chi connectivity index (χ1v) is 9.67. The Bertz CT molecular complexity index is 511. The van der Waals surface area contributed by atoms with Gasteiger partial charge in [-0.1, -0.05) is 50.7 Å². The fraction of sp³-hybridized carbons (Fsp3) is 0.667. The number of rotatable bonds is 5. The largest absolute Gasteiger partial charge is 0.493 e. The molecule has 2 nitrogen and oxygen atoms in total. The van der Waals surface area contributed by atoms with Crippen molar-refractivity contribution in [1.29, 1.82) is 0 Å². The monoisotopic (exact) mass is 313 g/mol. The van der Waals surface area contributed by atoms with E-state index in [1.165, 1.54) is 75.3 Å². The summed E-state index contributed by atoms with van der Waals surface area (Å²) >= 11 is 0. The molecule has 2 saturated carbocycles. The fourth-order valence-corrected chi connectivity index (χ4v) is 4.14. The molecule has 23 heavy (non-hydrogen) atoms. The quantitative estimate of drug-likeness (QED) is 0.622. The van der Waals surface area contributed by atoms with Crippen LogP contribution in [0, 0.1) is 0 Å². The second kappa shape index (κ2) is 8.52. The van der Waals surface area contributed by atoms with Crippen molar-refractivity contribution in [2.75, 3.05) is 6.61 Å². The number of ether oxygens (including phenoxy) is 1. The predicted octanol–water partition coefficient (Wildman–Crippen LogP) is 5.88. The van der Waals surface area contributed by atoms with Gasteiger partial charge in [-0.05, 0) is 50.2 Å². The van der Waals surface area contributed by atoms with Crippen molar-refractivity contribution < 1.29 is 4.74 Å². The van der Waals surface area contributed by atoms with E-state index in [9.17, 15) is 0 Å². The van der Waals surface area contributed by atoms with Gasteiger partial charge in [-0.2, -0.15) is 0 Å². The van der Waals surface area contributed by atoms with Crippen LogP contribution in [-0.2, 0) is 0 Å². The molecule has 0 saturated heterocycles. The van der Waals surface area contributed by atoms with E-state index in [2.05, 4.69) is 31.3 Å². The normalized spacial score (nSPS) is 20.9. The first-order valence-electron chi connectivity index (χ1n) is 9.67. The number of aliphatic imine (C=N–C) groups is 1. The minimum atomic E-state index is 0.525. The van der Waals surface area contributed by atoms with Crippen LogP contribution in [0.4, 0.5) is 0 Å². The number of hydrogen-bond donors (Lipinski definition) is 0. The van der Waals surface area contributed by atoms with Crippen molar-refractivity contribution in [2.24, 2.45) is 4.99 Å². The van der Waals surface area contributed by atoms with Crippen LogP contribution in [0.15, 0.2) is 23.2 Å². The number of benzene rings is 1. The first kappa shape index (κ1) is 16.5. The van der Waals surface area contributed by atoms with Gasteiger partial charge in [0.25, 0.3) is 0 Å². The maximum atomic E-state index is 6.07. The molecule has 0 heterocycles. The van der Waals surface area contributed by atoms with Crippen molar-refractivity contribution in [3.8, 4) is 5.75 Å². The Balaban J connectivity index is 1.81. The van der Waals surface area contributed by atoms with Crippen molar-refractivity contribution in [2.45, 2.75) is 83.1 Å². The van der Waals surface area contributed by atoms with Crippen LogP contribution < -0.4 is 4.74 Å². The van der Waals surface area contributed by atoms with E-state index in [-0.39, 0.29) is 0 Å². The molecule has 1 aromatic rings. The van der Waals surface area contributed by atoms with Crippen molar-refractivity contribution in [3.63, 3.8) is 0 Å². The molecule has 0 atom stereocenters. The Hall–Kier alpha value is -1.31. The molecule has 2 fully saturated rings. The molecule has 2 aliphatic carbocycles. The number of para-hydroxylation sites is 1. The predicted molar refractivity (Wildman–Crippen MR) is 97.9 cm³/mol. The van der Waals surface area contributed by atoms with Gasteiger partial charge in [0.2, 0.25) is 0 Å². The lowest BCUT2D eigenvalue weighted by atomic mass is 9.83. The van der Waals surface area contributed by atoms with Crippen molar-refractivity contribution in [1.82, 2.24) is 0 Å². The van der Waals surface area contributed by atoms with Gasteiger partial charge in [0.05, 0.1) is 6.61 Å². The van der Waals surface area contributed by atoms with E-state index >= 15 is 0 Å². The Morgan fingerprint density at radius 1 is 1.00 bits per heavy atom. The van der Waals surface area contributed by atoms with Gasteiger partial charge in [-0.25, -0.2) is 0 Å². The van der Waals surface area contributed by atoms with Crippen LogP contribution in [0.2, 0.25) is 0 Å². The third-order valence-corrected chi connectivity index (χ3v) is 5.41. The van der Waals surface area contributed by atoms with Crippen molar-refractivity contribution >= 4 is 6.21 Å². The summed E-state index contributed by atoms with van der Waals surface area (Å²) < 4.78 is 6.07. The molecule has 0 spiro atoms. The van der Waals surface area contributed by atoms with Crippen LogP contribution in [-0.4, -0.2) is 18.9 Å². The van der Waals surface area contributed by atoms with E-state index < -0.39 is 0 Å². The molecule has 126 valence electrons. The number of nitrogens with zero attached hydrogens (tertiary/aromatic N) is 1. The highest BCUT2D eigenvalue weighted by atomic mass is 16.5. The maximum absolute atomic E-state index is 6.07. The molecule has 0 aromatic heterocycles. The molecule has 2 heteroatoms. The van der Waals surface area contributed by atoms with E-state index in [1.54, 1.807) is 0 Å². The molecular formula is C21H31NO. The van der Waals surface area contributed by atoms with Gasteiger partial charge in [-0.3, -0.25) is 4.99 Å². The molecule has 0 radical (unpaired) electrons. The van der Waals surface area contributed by atoms with E-state index in [1.807, 2.05) is 0 Å². The van der Waals surface area contributed by atoms with Crippen LogP contribution >= 0.6 is 0 Å². The van der Waals surface area contributed by atoms with Crippen LogP contribution in [0.5, 0.6) is 5.75 Å². The zero-order valence-electron chi connectivity index (χ0n) is 14.6. The molecule has 2 aliphatic rings. The lowest BCUT2D eigenvalue weighted by Gasteiger charge is -2.25. The summed E-state index contributed by atoms with van der Waals surface area (Å²) in [6.45, 7) is 2.81. The van der Waals surface area contributed by atoms with E-state index in [0.29, 0.717) is 12.0 Å². The molecule has 0 unspecified atom stereocenters. The lowest BCUT2D eigenvalue weighted by molar-refractivity contribution is 0.327. The minimum absolute atomic E-state index is 0.525. The summed E-state index contributed by atoms with van der Waals surface area (Å²) in [7, 11) is 0. The average molecular weight is 313 g/mol.